The number of carbonyl (C=O) groups excluding carboxylic acids is 1. The second-order valence-electron chi connectivity index (χ2n) is 9.92. The van der Waals surface area contributed by atoms with Crippen molar-refractivity contribution in [2.45, 2.75) is 60.8 Å². The second-order valence-corrected chi connectivity index (χ2v) is 9.92. The SMILES string of the molecule is CCc1c(C)/c2[n-]/c1=C\c1[n-]c3c(c1C)C(=O)C/C3=C1\C[C@H](C)/C(=C/c3[n-]c(c(C)c3C)\C=2)[N-]1.[Mg+2]. The van der Waals surface area contributed by atoms with Crippen LogP contribution in [-0.2, 0) is 6.42 Å². The maximum absolute atomic E-state index is 13.0. The van der Waals surface area contributed by atoms with E-state index in [-0.39, 0.29) is 34.8 Å². The third-order valence-electron chi connectivity index (χ3n) is 7.89. The maximum Gasteiger partial charge on any atom is 2.00 e. The van der Waals surface area contributed by atoms with Crippen molar-refractivity contribution < 1.29 is 4.79 Å². The van der Waals surface area contributed by atoms with Gasteiger partial charge < -0.3 is 20.3 Å². The summed E-state index contributed by atoms with van der Waals surface area (Å²) in [5.41, 5.74) is 13.1. The molecule has 1 atom stereocenters. The summed E-state index contributed by atoms with van der Waals surface area (Å²) in [7, 11) is 0. The summed E-state index contributed by atoms with van der Waals surface area (Å²) >= 11 is 0. The fourth-order valence-corrected chi connectivity index (χ4v) is 5.60. The molecule has 0 spiro atoms. The molecule has 3 aliphatic rings. The summed E-state index contributed by atoms with van der Waals surface area (Å²) in [6.45, 7) is 12.7. The van der Waals surface area contributed by atoms with E-state index in [0.717, 1.165) is 74.4 Å². The van der Waals surface area contributed by atoms with Gasteiger partial charge in [-0.05, 0) is 46.5 Å². The van der Waals surface area contributed by atoms with Gasteiger partial charge in [-0.15, -0.1) is 33.5 Å². The third-order valence-corrected chi connectivity index (χ3v) is 7.89. The molecule has 8 bridgehead atoms. The van der Waals surface area contributed by atoms with Crippen molar-refractivity contribution in [3.8, 4) is 0 Å². The molecule has 2 aliphatic heterocycles. The van der Waals surface area contributed by atoms with E-state index in [1.165, 1.54) is 22.3 Å². The summed E-state index contributed by atoms with van der Waals surface area (Å²) in [4.78, 5) is 28.0. The molecule has 3 aromatic rings. The Balaban J connectivity index is 0.00000253. The van der Waals surface area contributed by atoms with Gasteiger partial charge in [0.2, 0.25) is 0 Å². The van der Waals surface area contributed by atoms with Crippen LogP contribution in [0.3, 0.4) is 0 Å². The number of nitrogens with zero attached hydrogens (tertiary/aromatic N) is 4. The van der Waals surface area contributed by atoms with Gasteiger partial charge in [0, 0.05) is 12.0 Å². The third kappa shape index (κ3) is 3.52. The predicted molar refractivity (Wildman–Crippen MR) is 141 cm³/mol. The zero-order valence-electron chi connectivity index (χ0n) is 21.3. The van der Waals surface area contributed by atoms with Gasteiger partial charge in [-0.3, -0.25) is 4.79 Å². The van der Waals surface area contributed by atoms with Crippen molar-refractivity contribution in [2.75, 3.05) is 0 Å². The van der Waals surface area contributed by atoms with Crippen molar-refractivity contribution in [1.29, 1.82) is 0 Å². The summed E-state index contributed by atoms with van der Waals surface area (Å²) in [6.07, 6.45) is 8.38. The van der Waals surface area contributed by atoms with Crippen LogP contribution >= 0.6 is 0 Å². The first-order chi connectivity index (χ1) is 16.3. The number of ketones is 1. The number of hydrogen-bond acceptors (Lipinski definition) is 1. The minimum atomic E-state index is 0. The number of aromatic nitrogens is 3. The van der Waals surface area contributed by atoms with E-state index < -0.39 is 0 Å². The molecule has 1 fully saturated rings. The van der Waals surface area contributed by atoms with Crippen molar-refractivity contribution >= 4 is 52.6 Å². The van der Waals surface area contributed by atoms with Gasteiger partial charge in [-0.25, -0.2) is 0 Å². The van der Waals surface area contributed by atoms with E-state index in [9.17, 15) is 4.79 Å². The Kier molecular flexibility index (Phi) is 5.80. The molecule has 174 valence electrons. The van der Waals surface area contributed by atoms with Crippen LogP contribution in [0.2, 0.25) is 0 Å². The summed E-state index contributed by atoms with van der Waals surface area (Å²) in [5, 5.41) is 6.90. The molecule has 0 radical (unpaired) electrons. The Bertz CT molecular complexity index is 1590. The molecule has 3 aromatic heterocycles. The first kappa shape index (κ1) is 24.0. The number of allylic oxidation sites excluding steroid dienone is 3. The first-order valence-corrected chi connectivity index (χ1v) is 12.1. The van der Waals surface area contributed by atoms with Gasteiger partial charge in [0.25, 0.3) is 0 Å². The number of rotatable bonds is 1. The van der Waals surface area contributed by atoms with Crippen LogP contribution in [0.4, 0.5) is 0 Å². The topological polar surface area (TPSA) is 73.5 Å². The maximum atomic E-state index is 13.0. The van der Waals surface area contributed by atoms with Gasteiger partial charge in [0.15, 0.2) is 5.78 Å². The van der Waals surface area contributed by atoms with E-state index in [4.69, 9.17) is 20.3 Å². The molecular formula is C29H28MgN4O-2. The number of hydrogen-bond donors (Lipinski definition) is 0. The first-order valence-electron chi connectivity index (χ1n) is 12.1. The Morgan fingerprint density at radius 1 is 0.857 bits per heavy atom. The van der Waals surface area contributed by atoms with Crippen LogP contribution in [-0.4, -0.2) is 28.8 Å². The molecular weight excluding hydrogens is 445 g/mol. The summed E-state index contributed by atoms with van der Waals surface area (Å²) in [6, 6.07) is 0. The van der Waals surface area contributed by atoms with Crippen LogP contribution in [0, 0.1) is 33.6 Å². The minimum Gasteiger partial charge on any atom is -0.664 e. The van der Waals surface area contributed by atoms with Gasteiger partial charge >= 0.3 is 23.1 Å². The monoisotopic (exact) mass is 472 g/mol. The van der Waals surface area contributed by atoms with Gasteiger partial charge in [0.1, 0.15) is 0 Å². The molecule has 35 heavy (non-hydrogen) atoms. The van der Waals surface area contributed by atoms with Crippen LogP contribution in [0.25, 0.3) is 29.1 Å². The smallest absolute Gasteiger partial charge is 0.664 e. The van der Waals surface area contributed by atoms with E-state index in [1.54, 1.807) is 0 Å². The van der Waals surface area contributed by atoms with Crippen LogP contribution in [0.15, 0.2) is 11.4 Å². The molecule has 5 nitrogen and oxygen atoms in total. The Morgan fingerprint density at radius 3 is 2.23 bits per heavy atom. The fraction of sp³-hybridized carbons (Fsp3) is 0.345. The molecule has 0 unspecified atom stereocenters. The van der Waals surface area contributed by atoms with Crippen molar-refractivity contribution in [2.24, 2.45) is 5.92 Å². The molecule has 6 heteroatoms. The van der Waals surface area contributed by atoms with Crippen LogP contribution in [0.1, 0.15) is 87.6 Å². The Labute approximate surface area is 222 Å². The number of carbonyl (C=O) groups is 1. The van der Waals surface area contributed by atoms with Gasteiger partial charge in [-0.1, -0.05) is 65.5 Å². The fourth-order valence-electron chi connectivity index (χ4n) is 5.60. The molecule has 0 saturated carbocycles. The molecule has 1 aliphatic carbocycles. The molecule has 0 amide bonds. The average molecular weight is 473 g/mol. The molecule has 1 saturated heterocycles. The van der Waals surface area contributed by atoms with E-state index in [2.05, 4.69) is 52.8 Å². The van der Waals surface area contributed by atoms with Crippen LogP contribution in [0.5, 0.6) is 0 Å². The quantitative estimate of drug-likeness (QED) is 0.506. The van der Waals surface area contributed by atoms with Crippen molar-refractivity contribution in [1.82, 2.24) is 15.0 Å². The zero-order chi connectivity index (χ0) is 23.9. The average Bonchev–Trinajstić information content (AvgIpc) is 3.55. The standard InChI is InChI=1S/C29H29N4O.Mg/c1-7-18-16(5)23-11-22-15(4)14(3)21(31-22)10-20-13(2)8-25(30-20)19-9-27(34)28-17(6)24(33-29(19)28)12-26(18)32-23;/h10-13H,7-9H2,1-6H3,(H-,30,33,34);/q-3;+2/p-1/b20-10-,23-11-,26-12-;/t13-;/m0./s1. The van der Waals surface area contributed by atoms with E-state index in [1.807, 2.05) is 6.92 Å². The Hall–Kier alpha value is -2.70. The Morgan fingerprint density at radius 2 is 1.51 bits per heavy atom. The predicted octanol–water partition coefficient (Wildman–Crippen LogP) is 3.70. The van der Waals surface area contributed by atoms with Crippen LogP contribution < -0.4 is 25.7 Å². The molecule has 6 rings (SSSR count). The molecule has 0 aromatic carbocycles. The normalized spacial score (nSPS) is 23.7. The molecule has 0 N–H and O–H groups in total. The van der Waals surface area contributed by atoms with Gasteiger partial charge in [-0.2, -0.15) is 11.4 Å². The summed E-state index contributed by atoms with van der Waals surface area (Å²) in [5.74, 6) is 0.422. The zero-order valence-corrected chi connectivity index (χ0v) is 22.7. The largest absolute Gasteiger partial charge is 2.00 e. The second kappa shape index (κ2) is 8.45. The molecule has 5 heterocycles. The van der Waals surface area contributed by atoms with Crippen molar-refractivity contribution in [3.63, 3.8) is 0 Å². The van der Waals surface area contributed by atoms with Gasteiger partial charge in [0.05, 0.1) is 0 Å². The minimum absolute atomic E-state index is 0. The van der Waals surface area contributed by atoms with E-state index in [0.29, 0.717) is 6.42 Å². The summed E-state index contributed by atoms with van der Waals surface area (Å²) < 4.78 is 0. The van der Waals surface area contributed by atoms with Crippen molar-refractivity contribution in [3.05, 3.63) is 83.6 Å². The number of Topliss-reactive ketones (excluding diaryl/α,β-unsaturated/α-hetero) is 1. The number of fused-ring (bicyclic) bond motifs is 7. The van der Waals surface area contributed by atoms with E-state index >= 15 is 0 Å².